The number of carbonyl (C=O) groups is 2. The first-order chi connectivity index (χ1) is 19.5. The van der Waals surface area contributed by atoms with E-state index in [9.17, 15) is 14.7 Å². The topological polar surface area (TPSA) is 88.5 Å². The van der Waals surface area contributed by atoms with E-state index in [1.54, 1.807) is 36.3 Å². The van der Waals surface area contributed by atoms with Crippen molar-refractivity contribution in [2.24, 2.45) is 0 Å². The second-order valence-electron chi connectivity index (χ2n) is 9.88. The molecular weight excluding hydrogens is 508 g/mol. The van der Waals surface area contributed by atoms with E-state index in [0.29, 0.717) is 55.4 Å². The molecule has 2 aliphatic rings. The van der Waals surface area contributed by atoms with Crippen LogP contribution in [0.15, 0.2) is 84.4 Å². The molecule has 0 aliphatic carbocycles. The molecule has 3 aromatic carbocycles. The van der Waals surface area contributed by atoms with Crippen molar-refractivity contribution in [2.75, 3.05) is 46.5 Å². The summed E-state index contributed by atoms with van der Waals surface area (Å²) in [5.41, 5.74) is 2.24. The van der Waals surface area contributed by atoms with E-state index >= 15 is 0 Å². The molecule has 8 nitrogen and oxygen atoms in total. The van der Waals surface area contributed by atoms with E-state index in [4.69, 9.17) is 14.2 Å². The van der Waals surface area contributed by atoms with Crippen molar-refractivity contribution in [1.82, 2.24) is 9.80 Å². The highest BCUT2D eigenvalue weighted by molar-refractivity contribution is 6.46. The lowest BCUT2D eigenvalue weighted by Crippen LogP contribution is -2.38. The summed E-state index contributed by atoms with van der Waals surface area (Å²) >= 11 is 0. The monoisotopic (exact) mass is 542 g/mol. The summed E-state index contributed by atoms with van der Waals surface area (Å²) in [5.74, 6) is -0.278. The van der Waals surface area contributed by atoms with Gasteiger partial charge in [-0.15, -0.1) is 0 Å². The number of ether oxygens (including phenoxy) is 3. The second-order valence-corrected chi connectivity index (χ2v) is 9.88. The van der Waals surface area contributed by atoms with Crippen LogP contribution in [0.1, 0.15) is 29.2 Å². The summed E-state index contributed by atoms with van der Waals surface area (Å²) in [4.78, 5) is 30.6. The Balaban J connectivity index is 1.45. The Kier molecular flexibility index (Phi) is 8.78. The van der Waals surface area contributed by atoms with Gasteiger partial charge in [-0.2, -0.15) is 0 Å². The molecule has 2 heterocycles. The molecule has 8 heteroatoms. The normalized spacial score (nSPS) is 19.1. The number of morpholine rings is 1. The Morgan fingerprint density at radius 3 is 2.40 bits per heavy atom. The van der Waals surface area contributed by atoms with Gasteiger partial charge >= 0.3 is 0 Å². The molecule has 0 bridgehead atoms. The van der Waals surface area contributed by atoms with Crippen LogP contribution < -0.4 is 9.47 Å². The highest BCUT2D eigenvalue weighted by Gasteiger charge is 2.46. The standard InChI is InChI=1S/C32H34N2O6/c1-38-26-13-11-24(12-14-26)30(35)28-29(25-9-5-10-27(21-25)40-22-23-7-3-2-4-8-23)34(32(37)31(28)36)16-6-15-33-17-19-39-20-18-33/h2-5,7-14,21,29,35H,6,15-20,22H2,1H3. The zero-order valence-corrected chi connectivity index (χ0v) is 22.6. The molecule has 1 N–H and O–H groups in total. The number of hydrogen-bond acceptors (Lipinski definition) is 7. The van der Waals surface area contributed by atoms with E-state index in [1.165, 1.54) is 0 Å². The summed E-state index contributed by atoms with van der Waals surface area (Å²) in [7, 11) is 1.56. The third-order valence-corrected chi connectivity index (χ3v) is 7.30. The van der Waals surface area contributed by atoms with Crippen LogP contribution >= 0.6 is 0 Å². The molecule has 1 amide bonds. The highest BCUT2D eigenvalue weighted by atomic mass is 16.5. The minimum atomic E-state index is -0.743. The molecule has 0 aromatic heterocycles. The molecule has 2 saturated heterocycles. The first-order valence-electron chi connectivity index (χ1n) is 13.5. The molecule has 1 unspecified atom stereocenters. The number of methoxy groups -OCH3 is 1. The van der Waals surface area contributed by atoms with Crippen molar-refractivity contribution < 1.29 is 28.9 Å². The number of rotatable bonds is 10. The molecule has 0 saturated carbocycles. The molecular formula is C32H34N2O6. The summed E-state index contributed by atoms with van der Waals surface area (Å²) in [6.45, 7) is 4.64. The summed E-state index contributed by atoms with van der Waals surface area (Å²) in [6, 6.07) is 23.3. The van der Waals surface area contributed by atoms with Gasteiger partial charge < -0.3 is 24.2 Å². The second kappa shape index (κ2) is 12.8. The molecule has 40 heavy (non-hydrogen) atoms. The lowest BCUT2D eigenvalue weighted by atomic mass is 9.95. The van der Waals surface area contributed by atoms with Crippen LogP contribution in [-0.2, 0) is 20.9 Å². The number of ketones is 1. The van der Waals surface area contributed by atoms with Gasteiger partial charge in [-0.05, 0) is 53.9 Å². The van der Waals surface area contributed by atoms with Gasteiger partial charge in [0.25, 0.3) is 11.7 Å². The van der Waals surface area contributed by atoms with Crippen molar-refractivity contribution >= 4 is 17.4 Å². The molecule has 3 aromatic rings. The van der Waals surface area contributed by atoms with Gasteiger partial charge in [0.1, 0.15) is 23.9 Å². The molecule has 0 spiro atoms. The number of carbonyl (C=O) groups excluding carboxylic acids is 2. The van der Waals surface area contributed by atoms with Gasteiger partial charge in [0.15, 0.2) is 0 Å². The fraction of sp³-hybridized carbons (Fsp3) is 0.312. The number of benzene rings is 3. The molecule has 2 fully saturated rings. The number of hydrogen-bond donors (Lipinski definition) is 1. The van der Waals surface area contributed by atoms with Gasteiger partial charge in [0.2, 0.25) is 0 Å². The minimum Gasteiger partial charge on any atom is -0.507 e. The van der Waals surface area contributed by atoms with Crippen LogP contribution in [0.3, 0.4) is 0 Å². The van der Waals surface area contributed by atoms with Crippen LogP contribution in [0.5, 0.6) is 11.5 Å². The molecule has 0 radical (unpaired) electrons. The third kappa shape index (κ3) is 6.19. The maximum Gasteiger partial charge on any atom is 0.295 e. The average Bonchev–Trinajstić information content (AvgIpc) is 3.26. The number of aliphatic hydroxyl groups excluding tert-OH is 1. The minimum absolute atomic E-state index is 0.0711. The van der Waals surface area contributed by atoms with Gasteiger partial charge in [0, 0.05) is 31.7 Å². The van der Waals surface area contributed by atoms with E-state index < -0.39 is 17.7 Å². The zero-order chi connectivity index (χ0) is 27.9. The van der Waals surface area contributed by atoms with E-state index in [0.717, 1.165) is 25.2 Å². The van der Waals surface area contributed by atoms with Crippen LogP contribution in [0.2, 0.25) is 0 Å². The Hall–Kier alpha value is -4.14. The smallest absolute Gasteiger partial charge is 0.295 e. The molecule has 5 rings (SSSR count). The van der Waals surface area contributed by atoms with Crippen LogP contribution in [-0.4, -0.2) is 73.1 Å². The Morgan fingerprint density at radius 2 is 1.68 bits per heavy atom. The van der Waals surface area contributed by atoms with E-state index in [2.05, 4.69) is 4.90 Å². The van der Waals surface area contributed by atoms with Crippen LogP contribution in [0, 0.1) is 0 Å². The van der Waals surface area contributed by atoms with Crippen LogP contribution in [0.25, 0.3) is 5.76 Å². The van der Waals surface area contributed by atoms with Crippen molar-refractivity contribution in [3.8, 4) is 11.5 Å². The largest absolute Gasteiger partial charge is 0.507 e. The fourth-order valence-electron chi connectivity index (χ4n) is 5.17. The lowest BCUT2D eigenvalue weighted by Gasteiger charge is -2.29. The maximum absolute atomic E-state index is 13.4. The quantitative estimate of drug-likeness (QED) is 0.231. The third-order valence-electron chi connectivity index (χ3n) is 7.30. The maximum atomic E-state index is 13.4. The number of likely N-dealkylation sites (tertiary alicyclic amines) is 1. The zero-order valence-electron chi connectivity index (χ0n) is 22.6. The number of nitrogens with zero attached hydrogens (tertiary/aromatic N) is 2. The Bertz CT molecular complexity index is 1350. The average molecular weight is 543 g/mol. The van der Waals surface area contributed by atoms with Gasteiger partial charge in [-0.25, -0.2) is 0 Å². The lowest BCUT2D eigenvalue weighted by molar-refractivity contribution is -0.140. The van der Waals surface area contributed by atoms with E-state index in [1.807, 2.05) is 54.6 Å². The highest BCUT2D eigenvalue weighted by Crippen LogP contribution is 2.40. The number of Topliss-reactive ketones (excluding diaryl/α,β-unsaturated/α-hetero) is 1. The number of aliphatic hydroxyl groups is 1. The summed E-state index contributed by atoms with van der Waals surface area (Å²) in [6.07, 6.45) is 0.691. The summed E-state index contributed by atoms with van der Waals surface area (Å²) < 4.78 is 16.7. The number of amides is 1. The SMILES string of the molecule is COc1ccc(C(O)=C2C(=O)C(=O)N(CCCN3CCOCC3)C2c2cccc(OCc3ccccc3)c2)cc1. The van der Waals surface area contributed by atoms with Crippen molar-refractivity contribution in [2.45, 2.75) is 19.1 Å². The van der Waals surface area contributed by atoms with Crippen LogP contribution in [0.4, 0.5) is 0 Å². The first-order valence-corrected chi connectivity index (χ1v) is 13.5. The van der Waals surface area contributed by atoms with Crippen molar-refractivity contribution in [1.29, 1.82) is 0 Å². The molecule has 2 aliphatic heterocycles. The van der Waals surface area contributed by atoms with Gasteiger partial charge in [-0.3, -0.25) is 14.5 Å². The Morgan fingerprint density at radius 1 is 0.925 bits per heavy atom. The fourth-order valence-corrected chi connectivity index (χ4v) is 5.17. The molecule has 208 valence electrons. The van der Waals surface area contributed by atoms with Gasteiger partial charge in [-0.1, -0.05) is 42.5 Å². The van der Waals surface area contributed by atoms with Crippen molar-refractivity contribution in [3.63, 3.8) is 0 Å². The van der Waals surface area contributed by atoms with E-state index in [-0.39, 0.29) is 11.3 Å². The predicted octanol–water partition coefficient (Wildman–Crippen LogP) is 4.42. The van der Waals surface area contributed by atoms with Gasteiger partial charge in [0.05, 0.1) is 31.9 Å². The Labute approximate surface area is 234 Å². The predicted molar refractivity (Wildman–Crippen MR) is 151 cm³/mol. The first kappa shape index (κ1) is 27.4. The summed E-state index contributed by atoms with van der Waals surface area (Å²) in [5, 5.41) is 11.4. The molecule has 1 atom stereocenters. The van der Waals surface area contributed by atoms with Crippen molar-refractivity contribution in [3.05, 3.63) is 101 Å².